The van der Waals surface area contributed by atoms with E-state index in [1.807, 2.05) is 0 Å². The Kier molecular flexibility index (Phi) is 3.40. The third-order valence-electron chi connectivity index (χ3n) is 2.49. The van der Waals surface area contributed by atoms with Gasteiger partial charge in [-0.05, 0) is 13.0 Å². The predicted molar refractivity (Wildman–Crippen MR) is 67.2 cm³/mol. The number of H-pyrrole nitrogens is 1. The first-order valence-corrected chi connectivity index (χ1v) is 6.76. The van der Waals surface area contributed by atoms with Crippen LogP contribution in [0.4, 0.5) is 15.9 Å². The average Bonchev–Trinajstić information content (AvgIpc) is 2.73. The Morgan fingerprint density at radius 3 is 2.65 bits per heavy atom. The van der Waals surface area contributed by atoms with E-state index in [9.17, 15) is 22.9 Å². The van der Waals surface area contributed by atoms with Gasteiger partial charge in [0, 0.05) is 17.7 Å². The number of hydrogen-bond acceptors (Lipinski definition) is 5. The van der Waals surface area contributed by atoms with E-state index in [1.165, 1.54) is 6.20 Å². The Morgan fingerprint density at radius 1 is 1.45 bits per heavy atom. The molecule has 10 heteroatoms. The number of halogens is 1. The minimum absolute atomic E-state index is 0.142. The van der Waals surface area contributed by atoms with E-state index in [-0.39, 0.29) is 5.82 Å². The molecule has 0 aliphatic rings. The second kappa shape index (κ2) is 4.89. The van der Waals surface area contributed by atoms with Crippen molar-refractivity contribution in [2.24, 2.45) is 0 Å². The molecule has 0 saturated heterocycles. The highest BCUT2D eigenvalue weighted by atomic mass is 32.2. The largest absolute Gasteiger partial charge is 0.304 e. The summed E-state index contributed by atoms with van der Waals surface area (Å²) in [6.07, 6.45) is 1.41. The molecule has 0 spiro atoms. The van der Waals surface area contributed by atoms with Gasteiger partial charge in [-0.25, -0.2) is 8.42 Å². The first kappa shape index (κ1) is 13.9. The Labute approximate surface area is 112 Å². The van der Waals surface area contributed by atoms with Crippen LogP contribution in [0, 0.1) is 22.9 Å². The van der Waals surface area contributed by atoms with Gasteiger partial charge in [0.05, 0.1) is 16.0 Å². The van der Waals surface area contributed by atoms with Crippen molar-refractivity contribution < 1.29 is 17.7 Å². The summed E-state index contributed by atoms with van der Waals surface area (Å²) in [6.45, 7) is 1.62. The van der Waals surface area contributed by atoms with E-state index >= 15 is 0 Å². The van der Waals surface area contributed by atoms with Crippen LogP contribution in [0.2, 0.25) is 0 Å². The molecule has 2 rings (SSSR count). The predicted octanol–water partition coefficient (Wildman–Crippen LogP) is 1.57. The molecule has 1 aromatic heterocycles. The number of anilines is 1. The molecule has 0 saturated carbocycles. The van der Waals surface area contributed by atoms with Crippen LogP contribution in [0.5, 0.6) is 0 Å². The molecule has 1 heterocycles. The van der Waals surface area contributed by atoms with Crippen LogP contribution in [0.3, 0.4) is 0 Å². The maximum absolute atomic E-state index is 13.4. The second-order valence-corrected chi connectivity index (χ2v) is 5.59. The molecule has 0 aliphatic heterocycles. The number of nitrogens with zero attached hydrogens (tertiary/aromatic N) is 2. The fourth-order valence-corrected chi connectivity index (χ4v) is 2.54. The smallest absolute Gasteiger partial charge is 0.264 e. The van der Waals surface area contributed by atoms with Crippen LogP contribution in [0.25, 0.3) is 0 Å². The molecular formula is C10H9FN4O4S. The van der Waals surface area contributed by atoms with Gasteiger partial charge in [-0.1, -0.05) is 0 Å². The molecule has 0 amide bonds. The van der Waals surface area contributed by atoms with E-state index < -0.39 is 31.3 Å². The molecule has 2 aromatic rings. The van der Waals surface area contributed by atoms with Crippen molar-refractivity contribution >= 4 is 21.5 Å². The lowest BCUT2D eigenvalue weighted by atomic mass is 10.3. The molecule has 0 aliphatic carbocycles. The summed E-state index contributed by atoms with van der Waals surface area (Å²) >= 11 is 0. The summed E-state index contributed by atoms with van der Waals surface area (Å²) in [6, 6.07) is 2.34. The van der Waals surface area contributed by atoms with Gasteiger partial charge in [0.25, 0.3) is 10.0 Å². The summed E-state index contributed by atoms with van der Waals surface area (Å²) in [4.78, 5) is 9.12. The SMILES string of the molecule is Cc1cn[nH]c1NS(=O)(=O)c1ccc([N+](=O)[O-])c(F)c1. The fraction of sp³-hybridized carbons (Fsp3) is 0.100. The first-order chi connectivity index (χ1) is 9.31. The zero-order valence-corrected chi connectivity index (χ0v) is 10.9. The minimum Gasteiger partial charge on any atom is -0.264 e. The first-order valence-electron chi connectivity index (χ1n) is 5.28. The normalized spacial score (nSPS) is 11.3. The zero-order chi connectivity index (χ0) is 14.9. The third-order valence-corrected chi connectivity index (χ3v) is 3.84. The van der Waals surface area contributed by atoms with E-state index in [0.29, 0.717) is 11.6 Å². The monoisotopic (exact) mass is 300 g/mol. The van der Waals surface area contributed by atoms with Gasteiger partial charge in [-0.2, -0.15) is 9.49 Å². The zero-order valence-electron chi connectivity index (χ0n) is 10.1. The van der Waals surface area contributed by atoms with E-state index in [2.05, 4.69) is 14.9 Å². The highest BCUT2D eigenvalue weighted by Crippen LogP contribution is 2.22. The van der Waals surface area contributed by atoms with Gasteiger partial charge in [0.2, 0.25) is 5.82 Å². The average molecular weight is 300 g/mol. The number of aromatic nitrogens is 2. The summed E-state index contributed by atoms with van der Waals surface area (Å²) in [5.41, 5.74) is -0.238. The Balaban J connectivity index is 2.38. The van der Waals surface area contributed by atoms with Crippen LogP contribution in [-0.4, -0.2) is 23.5 Å². The maximum atomic E-state index is 13.4. The van der Waals surface area contributed by atoms with E-state index in [0.717, 1.165) is 12.1 Å². The fourth-order valence-electron chi connectivity index (χ4n) is 1.45. The Morgan fingerprint density at radius 2 is 2.15 bits per heavy atom. The Hall–Kier alpha value is -2.49. The molecule has 20 heavy (non-hydrogen) atoms. The number of nitro groups is 1. The van der Waals surface area contributed by atoms with Crippen LogP contribution in [0.15, 0.2) is 29.3 Å². The second-order valence-electron chi connectivity index (χ2n) is 3.90. The molecule has 0 radical (unpaired) electrons. The number of aryl methyl sites for hydroxylation is 1. The van der Waals surface area contributed by atoms with Crippen LogP contribution >= 0.6 is 0 Å². The van der Waals surface area contributed by atoms with Gasteiger partial charge >= 0.3 is 5.69 Å². The van der Waals surface area contributed by atoms with Gasteiger partial charge in [-0.15, -0.1) is 0 Å². The molecular weight excluding hydrogens is 291 g/mol. The van der Waals surface area contributed by atoms with Crippen molar-refractivity contribution in [1.29, 1.82) is 0 Å². The van der Waals surface area contributed by atoms with E-state index in [1.54, 1.807) is 6.92 Å². The molecule has 8 nitrogen and oxygen atoms in total. The van der Waals surface area contributed by atoms with Gasteiger partial charge in [-0.3, -0.25) is 19.9 Å². The van der Waals surface area contributed by atoms with Crippen LogP contribution in [0.1, 0.15) is 5.56 Å². The number of benzene rings is 1. The maximum Gasteiger partial charge on any atom is 0.304 e. The van der Waals surface area contributed by atoms with Crippen molar-refractivity contribution in [2.45, 2.75) is 11.8 Å². The number of sulfonamides is 1. The van der Waals surface area contributed by atoms with Crippen molar-refractivity contribution in [3.63, 3.8) is 0 Å². The summed E-state index contributed by atoms with van der Waals surface area (Å²) in [7, 11) is -4.05. The van der Waals surface area contributed by atoms with E-state index in [4.69, 9.17) is 0 Å². The summed E-state index contributed by atoms with van der Waals surface area (Å²) in [5, 5.41) is 16.5. The number of aromatic amines is 1. The lowest BCUT2D eigenvalue weighted by Crippen LogP contribution is -2.14. The number of rotatable bonds is 4. The standard InChI is InChI=1S/C10H9FN4O4S/c1-6-5-12-13-10(6)14-20(18,19)7-2-3-9(15(16)17)8(11)4-7/h2-5H,1H3,(H2,12,13,14). The quantitative estimate of drug-likeness (QED) is 0.656. The van der Waals surface area contributed by atoms with Crippen molar-refractivity contribution in [1.82, 2.24) is 10.2 Å². The third kappa shape index (κ3) is 2.59. The number of hydrogen-bond donors (Lipinski definition) is 2. The van der Waals surface area contributed by atoms with Gasteiger partial charge in [0.15, 0.2) is 0 Å². The lowest BCUT2D eigenvalue weighted by molar-refractivity contribution is -0.387. The molecule has 0 bridgehead atoms. The lowest BCUT2D eigenvalue weighted by Gasteiger charge is -2.07. The van der Waals surface area contributed by atoms with Gasteiger partial charge < -0.3 is 0 Å². The summed E-state index contributed by atoms with van der Waals surface area (Å²) in [5.74, 6) is -1.08. The number of nitro benzene ring substituents is 1. The van der Waals surface area contributed by atoms with Crippen LogP contribution < -0.4 is 4.72 Å². The van der Waals surface area contributed by atoms with Crippen molar-refractivity contribution in [3.05, 3.63) is 45.9 Å². The molecule has 0 fully saturated rings. The molecule has 1 aromatic carbocycles. The molecule has 0 atom stereocenters. The minimum atomic E-state index is -4.05. The Bertz CT molecular complexity index is 771. The highest BCUT2D eigenvalue weighted by Gasteiger charge is 2.21. The topological polar surface area (TPSA) is 118 Å². The molecule has 2 N–H and O–H groups in total. The molecule has 0 unspecified atom stereocenters. The van der Waals surface area contributed by atoms with Crippen LogP contribution in [-0.2, 0) is 10.0 Å². The molecule has 106 valence electrons. The number of nitrogens with one attached hydrogen (secondary N) is 2. The summed E-state index contributed by atoms with van der Waals surface area (Å²) < 4.78 is 39.6. The van der Waals surface area contributed by atoms with Gasteiger partial charge in [0.1, 0.15) is 5.82 Å². The van der Waals surface area contributed by atoms with Crippen molar-refractivity contribution in [3.8, 4) is 0 Å². The van der Waals surface area contributed by atoms with Crippen molar-refractivity contribution in [2.75, 3.05) is 4.72 Å². The highest BCUT2D eigenvalue weighted by molar-refractivity contribution is 7.92.